The molecule has 0 bridgehead atoms. The van der Waals surface area contributed by atoms with Crippen LogP contribution in [0.4, 0.5) is 18.9 Å². The smallest absolute Gasteiger partial charge is 0.374 e. The Morgan fingerprint density at radius 2 is 1.86 bits per heavy atom. The second-order valence-corrected chi connectivity index (χ2v) is 7.12. The van der Waals surface area contributed by atoms with Crippen molar-refractivity contribution in [3.05, 3.63) is 73.2 Å². The van der Waals surface area contributed by atoms with Crippen molar-refractivity contribution >= 4 is 34.6 Å². The van der Waals surface area contributed by atoms with Crippen LogP contribution in [0.15, 0.2) is 41.6 Å². The molecule has 1 unspecified atom stereocenters. The van der Waals surface area contributed by atoms with E-state index in [4.69, 9.17) is 28.0 Å². The first-order chi connectivity index (χ1) is 13.1. The zero-order chi connectivity index (χ0) is 20.7. The largest absolute Gasteiger partial charge is 0.435 e. The molecular weight excluding hydrogens is 420 g/mol. The van der Waals surface area contributed by atoms with Crippen molar-refractivity contribution in [1.29, 1.82) is 0 Å². The number of benzene rings is 2. The average Bonchev–Trinajstić information content (AvgIpc) is 3.07. The maximum Gasteiger partial charge on any atom is 0.435 e. The first-order valence-corrected chi connectivity index (χ1v) is 8.89. The fourth-order valence-corrected chi connectivity index (χ4v) is 3.58. The predicted octanol–water partition coefficient (Wildman–Crippen LogP) is 6.05. The Morgan fingerprint density at radius 3 is 2.39 bits per heavy atom. The molecule has 10 heteroatoms. The molecule has 2 aromatic rings. The number of nitro benzene ring substituents is 1. The third kappa shape index (κ3) is 3.54. The van der Waals surface area contributed by atoms with Crippen molar-refractivity contribution in [3.63, 3.8) is 0 Å². The Morgan fingerprint density at radius 1 is 1.21 bits per heavy atom. The number of nitrogens with zero attached hydrogens (tertiary/aromatic N) is 2. The topological polar surface area (TPSA) is 64.7 Å². The molecule has 0 N–H and O–H groups in total. The van der Waals surface area contributed by atoms with Crippen LogP contribution in [0, 0.1) is 10.1 Å². The summed E-state index contributed by atoms with van der Waals surface area (Å²) in [5.41, 5.74) is -2.66. The summed E-state index contributed by atoms with van der Waals surface area (Å²) in [6.07, 6.45) is -5.09. The summed E-state index contributed by atoms with van der Waals surface area (Å²) in [5.74, 6) is 0. The van der Waals surface area contributed by atoms with Crippen LogP contribution in [-0.4, -0.2) is 16.8 Å². The predicted molar refractivity (Wildman–Crippen MR) is 98.9 cm³/mol. The summed E-state index contributed by atoms with van der Waals surface area (Å²) in [4.78, 5) is 15.6. The van der Waals surface area contributed by atoms with Crippen molar-refractivity contribution in [2.75, 3.05) is 0 Å². The highest BCUT2D eigenvalue weighted by Gasteiger charge is 2.62. The van der Waals surface area contributed by atoms with Gasteiger partial charge in [0.25, 0.3) is 11.3 Å². The summed E-state index contributed by atoms with van der Waals surface area (Å²) in [6.45, 7) is 1.75. The van der Waals surface area contributed by atoms with E-state index >= 15 is 0 Å². The third-order valence-corrected chi connectivity index (χ3v) is 4.95. The Kier molecular flexibility index (Phi) is 5.29. The molecule has 0 aromatic heterocycles. The summed E-state index contributed by atoms with van der Waals surface area (Å²) in [5, 5.41) is 14.9. The highest BCUT2D eigenvalue weighted by Crippen LogP contribution is 2.49. The van der Waals surface area contributed by atoms with E-state index in [-0.39, 0.29) is 32.6 Å². The van der Waals surface area contributed by atoms with Crippen LogP contribution >= 0.6 is 23.2 Å². The lowest BCUT2D eigenvalue weighted by atomic mass is 9.86. The van der Waals surface area contributed by atoms with Gasteiger partial charge in [0.05, 0.1) is 10.6 Å². The first-order valence-electron chi connectivity index (χ1n) is 8.13. The molecule has 0 fully saturated rings. The zero-order valence-electron chi connectivity index (χ0n) is 14.4. The highest BCUT2D eigenvalue weighted by atomic mass is 35.5. The van der Waals surface area contributed by atoms with E-state index in [1.165, 1.54) is 24.3 Å². The van der Waals surface area contributed by atoms with E-state index in [0.29, 0.717) is 12.0 Å². The van der Waals surface area contributed by atoms with Gasteiger partial charge in [-0.1, -0.05) is 47.4 Å². The lowest BCUT2D eigenvalue weighted by Gasteiger charge is -2.29. The van der Waals surface area contributed by atoms with E-state index < -0.39 is 23.1 Å². The number of halogens is 5. The Bertz CT molecular complexity index is 959. The van der Waals surface area contributed by atoms with Crippen LogP contribution in [0.3, 0.4) is 0 Å². The monoisotopic (exact) mass is 432 g/mol. The van der Waals surface area contributed by atoms with Gasteiger partial charge in [0, 0.05) is 39.2 Å². The van der Waals surface area contributed by atoms with Crippen LogP contribution in [0.1, 0.15) is 30.0 Å². The third-order valence-electron chi connectivity index (χ3n) is 4.51. The van der Waals surface area contributed by atoms with Gasteiger partial charge in [-0.3, -0.25) is 10.1 Å². The summed E-state index contributed by atoms with van der Waals surface area (Å²) in [6, 6.07) is 7.73. The van der Waals surface area contributed by atoms with Crippen molar-refractivity contribution in [2.45, 2.75) is 31.5 Å². The van der Waals surface area contributed by atoms with Gasteiger partial charge in [0.1, 0.15) is 0 Å². The van der Waals surface area contributed by atoms with Crippen molar-refractivity contribution < 1.29 is 22.9 Å². The quantitative estimate of drug-likeness (QED) is 0.436. The van der Waals surface area contributed by atoms with Gasteiger partial charge >= 0.3 is 6.18 Å². The lowest BCUT2D eigenvalue weighted by Crippen LogP contribution is -2.42. The minimum atomic E-state index is -4.83. The summed E-state index contributed by atoms with van der Waals surface area (Å²) < 4.78 is 42.0. The molecule has 1 heterocycles. The van der Waals surface area contributed by atoms with E-state index in [2.05, 4.69) is 5.16 Å². The maximum atomic E-state index is 14.0. The van der Waals surface area contributed by atoms with Crippen molar-refractivity contribution in [2.24, 2.45) is 5.16 Å². The van der Waals surface area contributed by atoms with Gasteiger partial charge in [-0.25, -0.2) is 0 Å². The number of aryl methyl sites for hydroxylation is 1. The first kappa shape index (κ1) is 20.4. The molecule has 0 spiro atoms. The number of alkyl halides is 3. The fourth-order valence-electron chi connectivity index (χ4n) is 3.06. The van der Waals surface area contributed by atoms with Crippen LogP contribution < -0.4 is 0 Å². The number of hydrogen-bond donors (Lipinski definition) is 0. The van der Waals surface area contributed by atoms with Crippen LogP contribution in [0.2, 0.25) is 10.0 Å². The van der Waals surface area contributed by atoms with E-state index in [0.717, 1.165) is 12.1 Å². The van der Waals surface area contributed by atoms with Crippen LogP contribution in [0.25, 0.3) is 0 Å². The molecule has 2 aromatic carbocycles. The molecule has 1 atom stereocenters. The number of nitro groups is 1. The van der Waals surface area contributed by atoms with Crippen LogP contribution in [0.5, 0.6) is 0 Å². The van der Waals surface area contributed by atoms with Gasteiger partial charge in [-0.2, -0.15) is 13.2 Å². The molecule has 1 aliphatic rings. The Labute approximate surface area is 167 Å². The van der Waals surface area contributed by atoms with E-state index in [1.54, 1.807) is 6.92 Å². The standard InChI is InChI=1S/C18H13Cl2F3N2O3/c1-2-10-3-4-11(5-16(10)25(26)27)15-9-17(28-24-15,18(21,22)23)12-6-13(19)8-14(20)7-12/h3-8H,2,9H2,1H3. The minimum absolute atomic E-state index is 0.0195. The Hall–Kier alpha value is -2.32. The van der Waals surface area contributed by atoms with Crippen molar-refractivity contribution in [1.82, 2.24) is 0 Å². The average molecular weight is 433 g/mol. The molecule has 5 nitrogen and oxygen atoms in total. The van der Waals surface area contributed by atoms with Gasteiger partial charge in [0.15, 0.2) is 0 Å². The van der Waals surface area contributed by atoms with Crippen LogP contribution in [-0.2, 0) is 16.9 Å². The maximum absolute atomic E-state index is 14.0. The van der Waals surface area contributed by atoms with Crippen molar-refractivity contribution in [3.8, 4) is 0 Å². The number of rotatable bonds is 4. The summed E-state index contributed by atoms with van der Waals surface area (Å²) >= 11 is 11.7. The zero-order valence-corrected chi connectivity index (χ0v) is 15.9. The molecule has 0 radical (unpaired) electrons. The molecule has 28 heavy (non-hydrogen) atoms. The molecule has 3 rings (SSSR count). The molecule has 0 amide bonds. The van der Waals surface area contributed by atoms with Gasteiger partial charge in [0.2, 0.25) is 0 Å². The summed E-state index contributed by atoms with van der Waals surface area (Å²) in [7, 11) is 0. The second-order valence-electron chi connectivity index (χ2n) is 6.24. The molecule has 148 valence electrons. The molecule has 1 aliphatic heterocycles. The lowest BCUT2D eigenvalue weighted by molar-refractivity contribution is -0.385. The normalized spacial score (nSPS) is 19.3. The second kappa shape index (κ2) is 7.25. The molecule has 0 aliphatic carbocycles. The van der Waals surface area contributed by atoms with E-state index in [1.807, 2.05) is 0 Å². The van der Waals surface area contributed by atoms with E-state index in [9.17, 15) is 23.3 Å². The number of oxime groups is 1. The highest BCUT2D eigenvalue weighted by molar-refractivity contribution is 6.34. The van der Waals surface area contributed by atoms with Gasteiger partial charge in [-0.15, -0.1) is 0 Å². The molecule has 0 saturated carbocycles. The SMILES string of the molecule is CCc1ccc(C2=NOC(c3cc(Cl)cc(Cl)c3)(C(F)(F)F)C2)cc1[N+](=O)[O-]. The van der Waals surface area contributed by atoms with Gasteiger partial charge in [-0.05, 0) is 24.6 Å². The molecule has 0 saturated heterocycles. The Balaban J connectivity index is 2.05. The molecular formula is C18H13Cl2F3N2O3. The minimum Gasteiger partial charge on any atom is -0.374 e. The van der Waals surface area contributed by atoms with Gasteiger partial charge < -0.3 is 4.84 Å². The fraction of sp³-hybridized carbons (Fsp3) is 0.278. The number of hydrogen-bond acceptors (Lipinski definition) is 4.